The summed E-state index contributed by atoms with van der Waals surface area (Å²) in [6.45, 7) is 0.635. The molecular formula is C11H21N3O. The van der Waals surface area contributed by atoms with Crippen molar-refractivity contribution in [3.05, 3.63) is 10.4 Å². The number of carbonyl (C=O) groups is 1. The zero-order chi connectivity index (χ0) is 11.2. The monoisotopic (exact) mass is 211 g/mol. The molecule has 0 radical (unpaired) electrons. The fraction of sp³-hybridized carbons (Fsp3) is 0.909. The lowest BCUT2D eigenvalue weighted by Crippen LogP contribution is -1.83. The molecule has 0 fully saturated rings. The molecule has 0 saturated heterocycles. The van der Waals surface area contributed by atoms with Crippen LogP contribution in [-0.4, -0.2) is 12.8 Å². The van der Waals surface area contributed by atoms with Crippen molar-refractivity contribution in [3.63, 3.8) is 0 Å². The maximum absolute atomic E-state index is 10.0. The standard InChI is InChI=1S/C11H21N3O/c12-14-13-10-8-6-4-2-1-3-5-7-9-11-15/h11H,1-10H2. The van der Waals surface area contributed by atoms with Crippen molar-refractivity contribution in [2.24, 2.45) is 5.11 Å². The molecule has 0 unspecified atom stereocenters. The normalized spacial score (nSPS) is 9.60. The van der Waals surface area contributed by atoms with E-state index in [9.17, 15) is 4.79 Å². The fourth-order valence-corrected chi connectivity index (χ4v) is 1.52. The lowest BCUT2D eigenvalue weighted by Gasteiger charge is -1.99. The molecule has 0 N–H and O–H groups in total. The van der Waals surface area contributed by atoms with Crippen LogP contribution in [0.2, 0.25) is 0 Å². The number of rotatable bonds is 11. The largest absolute Gasteiger partial charge is 0.303 e. The Hall–Kier alpha value is -1.02. The van der Waals surface area contributed by atoms with Gasteiger partial charge >= 0.3 is 0 Å². The lowest BCUT2D eigenvalue weighted by molar-refractivity contribution is -0.107. The molecule has 0 heterocycles. The summed E-state index contributed by atoms with van der Waals surface area (Å²) >= 11 is 0. The molecule has 0 spiro atoms. The van der Waals surface area contributed by atoms with Crippen LogP contribution in [0.15, 0.2) is 5.11 Å². The van der Waals surface area contributed by atoms with E-state index in [0.717, 1.165) is 25.5 Å². The third-order valence-electron chi connectivity index (χ3n) is 2.39. The summed E-state index contributed by atoms with van der Waals surface area (Å²) in [7, 11) is 0. The molecular weight excluding hydrogens is 190 g/mol. The summed E-state index contributed by atoms with van der Waals surface area (Å²) in [5, 5.41) is 3.49. The molecule has 0 aliphatic carbocycles. The molecule has 15 heavy (non-hydrogen) atoms. The summed E-state index contributed by atoms with van der Waals surface area (Å²) in [4.78, 5) is 12.7. The molecule has 0 aliphatic heterocycles. The maximum Gasteiger partial charge on any atom is 0.119 e. The van der Waals surface area contributed by atoms with Crippen molar-refractivity contribution in [2.45, 2.75) is 57.8 Å². The van der Waals surface area contributed by atoms with Gasteiger partial charge in [-0.3, -0.25) is 0 Å². The summed E-state index contributed by atoms with van der Waals surface area (Å²) in [5.74, 6) is 0. The molecule has 0 saturated carbocycles. The van der Waals surface area contributed by atoms with Gasteiger partial charge in [-0.2, -0.15) is 0 Å². The van der Waals surface area contributed by atoms with E-state index >= 15 is 0 Å². The molecule has 0 atom stereocenters. The Morgan fingerprint density at radius 2 is 1.47 bits per heavy atom. The van der Waals surface area contributed by atoms with Gasteiger partial charge in [-0.25, -0.2) is 0 Å². The molecule has 0 rings (SSSR count). The highest BCUT2D eigenvalue weighted by Gasteiger charge is 1.91. The minimum Gasteiger partial charge on any atom is -0.303 e. The molecule has 0 aromatic carbocycles. The van der Waals surface area contributed by atoms with Gasteiger partial charge in [0.1, 0.15) is 6.29 Å². The molecule has 0 aliphatic rings. The molecule has 4 heteroatoms. The van der Waals surface area contributed by atoms with Crippen LogP contribution in [-0.2, 0) is 4.79 Å². The Bertz CT molecular complexity index is 188. The van der Waals surface area contributed by atoms with E-state index in [1.807, 2.05) is 0 Å². The first-order chi connectivity index (χ1) is 7.41. The van der Waals surface area contributed by atoms with Crippen molar-refractivity contribution in [3.8, 4) is 0 Å². The van der Waals surface area contributed by atoms with E-state index in [4.69, 9.17) is 5.53 Å². The van der Waals surface area contributed by atoms with Gasteiger partial charge in [-0.1, -0.05) is 43.6 Å². The van der Waals surface area contributed by atoms with Crippen LogP contribution in [0.25, 0.3) is 10.4 Å². The van der Waals surface area contributed by atoms with Crippen LogP contribution in [0, 0.1) is 0 Å². The van der Waals surface area contributed by atoms with Crippen molar-refractivity contribution in [1.29, 1.82) is 0 Å². The van der Waals surface area contributed by atoms with Crippen molar-refractivity contribution < 1.29 is 4.79 Å². The number of nitrogens with zero attached hydrogens (tertiary/aromatic N) is 3. The fourth-order valence-electron chi connectivity index (χ4n) is 1.52. The van der Waals surface area contributed by atoms with Gasteiger partial charge in [0.05, 0.1) is 0 Å². The Morgan fingerprint density at radius 3 is 2.00 bits per heavy atom. The first-order valence-corrected chi connectivity index (χ1v) is 5.86. The van der Waals surface area contributed by atoms with E-state index < -0.39 is 0 Å². The van der Waals surface area contributed by atoms with Crippen molar-refractivity contribution in [2.75, 3.05) is 6.54 Å². The highest BCUT2D eigenvalue weighted by Crippen LogP contribution is 2.09. The van der Waals surface area contributed by atoms with Crippen LogP contribution in [0.4, 0.5) is 0 Å². The van der Waals surface area contributed by atoms with E-state index in [1.54, 1.807) is 0 Å². The first kappa shape index (κ1) is 14.0. The summed E-state index contributed by atoms with van der Waals surface area (Å²) < 4.78 is 0. The van der Waals surface area contributed by atoms with E-state index in [0.29, 0.717) is 13.0 Å². The quantitative estimate of drug-likeness (QED) is 0.167. The second kappa shape index (κ2) is 13.0. The minimum atomic E-state index is 0.635. The molecule has 0 aromatic rings. The predicted molar refractivity (Wildman–Crippen MR) is 61.6 cm³/mol. The van der Waals surface area contributed by atoms with Gasteiger partial charge in [0.2, 0.25) is 0 Å². The van der Waals surface area contributed by atoms with E-state index in [-0.39, 0.29) is 0 Å². The van der Waals surface area contributed by atoms with E-state index in [1.165, 1.54) is 32.1 Å². The van der Waals surface area contributed by atoms with Crippen molar-refractivity contribution in [1.82, 2.24) is 0 Å². The van der Waals surface area contributed by atoms with Gasteiger partial charge in [0, 0.05) is 17.9 Å². The second-order valence-corrected chi connectivity index (χ2v) is 3.74. The number of carbonyl (C=O) groups excluding carboxylic acids is 1. The average Bonchev–Trinajstić information content (AvgIpc) is 2.26. The van der Waals surface area contributed by atoms with Crippen LogP contribution >= 0.6 is 0 Å². The SMILES string of the molecule is [N-]=[N+]=NCCCCCCCCCCC=O. The molecule has 0 aromatic heterocycles. The number of azide groups is 1. The topological polar surface area (TPSA) is 65.8 Å². The zero-order valence-electron chi connectivity index (χ0n) is 9.40. The Morgan fingerprint density at radius 1 is 0.933 bits per heavy atom. The number of unbranched alkanes of at least 4 members (excludes halogenated alkanes) is 8. The van der Waals surface area contributed by atoms with Crippen LogP contribution < -0.4 is 0 Å². The summed E-state index contributed by atoms with van der Waals surface area (Å²) in [6.07, 6.45) is 11.1. The predicted octanol–water partition coefficient (Wildman–Crippen LogP) is 4.01. The summed E-state index contributed by atoms with van der Waals surface area (Å²) in [5.41, 5.74) is 8.04. The molecule has 0 bridgehead atoms. The molecule has 0 amide bonds. The third kappa shape index (κ3) is 13.0. The Kier molecular flexibility index (Phi) is 12.1. The third-order valence-corrected chi connectivity index (χ3v) is 2.39. The average molecular weight is 211 g/mol. The Labute approximate surface area is 91.7 Å². The van der Waals surface area contributed by atoms with Gasteiger partial charge < -0.3 is 4.79 Å². The minimum absolute atomic E-state index is 0.635. The number of hydrogen-bond donors (Lipinski definition) is 0. The summed E-state index contributed by atoms with van der Waals surface area (Å²) in [6, 6.07) is 0. The Balaban J connectivity index is 2.92. The highest BCUT2D eigenvalue weighted by molar-refractivity contribution is 5.48. The van der Waals surface area contributed by atoms with Crippen LogP contribution in [0.1, 0.15) is 57.8 Å². The number of aldehydes is 1. The smallest absolute Gasteiger partial charge is 0.119 e. The second-order valence-electron chi connectivity index (χ2n) is 3.74. The van der Waals surface area contributed by atoms with Gasteiger partial charge in [0.15, 0.2) is 0 Å². The van der Waals surface area contributed by atoms with Gasteiger partial charge in [-0.15, -0.1) is 0 Å². The lowest BCUT2D eigenvalue weighted by atomic mass is 10.1. The van der Waals surface area contributed by atoms with Gasteiger partial charge in [-0.05, 0) is 18.4 Å². The molecule has 4 nitrogen and oxygen atoms in total. The van der Waals surface area contributed by atoms with Crippen LogP contribution in [0.3, 0.4) is 0 Å². The first-order valence-electron chi connectivity index (χ1n) is 5.86. The van der Waals surface area contributed by atoms with E-state index in [2.05, 4.69) is 10.0 Å². The van der Waals surface area contributed by atoms with Gasteiger partial charge in [0.25, 0.3) is 0 Å². The highest BCUT2D eigenvalue weighted by atomic mass is 16.1. The maximum atomic E-state index is 10.0. The van der Waals surface area contributed by atoms with Crippen molar-refractivity contribution >= 4 is 6.29 Å². The van der Waals surface area contributed by atoms with Crippen LogP contribution in [0.5, 0.6) is 0 Å². The zero-order valence-corrected chi connectivity index (χ0v) is 9.40. The molecule has 86 valence electrons. The number of hydrogen-bond acceptors (Lipinski definition) is 2.